The summed E-state index contributed by atoms with van der Waals surface area (Å²) in [6, 6.07) is 0. The molecule has 0 saturated carbocycles. The smallest absolute Gasteiger partial charge is 0.0947 e. The number of amidine groups is 1. The van der Waals surface area contributed by atoms with Crippen molar-refractivity contribution in [1.82, 2.24) is 14.7 Å². The van der Waals surface area contributed by atoms with E-state index in [9.17, 15) is 0 Å². The van der Waals surface area contributed by atoms with Crippen LogP contribution in [0.5, 0.6) is 0 Å². The van der Waals surface area contributed by atoms with Gasteiger partial charge in [0.1, 0.15) is 0 Å². The number of hydrogen-bond acceptors (Lipinski definition) is 4. The zero-order chi connectivity index (χ0) is 12.8. The van der Waals surface area contributed by atoms with Crippen molar-refractivity contribution < 1.29 is 0 Å². The number of nitrogens with one attached hydrogen (secondary N) is 1. The van der Waals surface area contributed by atoms with Crippen LogP contribution in [-0.2, 0) is 0 Å². The summed E-state index contributed by atoms with van der Waals surface area (Å²) in [4.78, 5) is 7.15. The molecule has 0 amide bonds. The van der Waals surface area contributed by atoms with E-state index < -0.39 is 0 Å². The number of nitrogens with two attached hydrogens (primary N) is 1. The summed E-state index contributed by atoms with van der Waals surface area (Å²) in [5.41, 5.74) is 5.50. The predicted molar refractivity (Wildman–Crippen MR) is 72.5 cm³/mol. The largest absolute Gasteiger partial charge is 0.387 e. The Bertz CT molecular complexity index is 233. The Kier molecular flexibility index (Phi) is 5.88. The third-order valence-electron chi connectivity index (χ3n) is 3.39. The highest BCUT2D eigenvalue weighted by atomic mass is 15.3. The van der Waals surface area contributed by atoms with Crippen LogP contribution in [0.25, 0.3) is 0 Å². The summed E-state index contributed by atoms with van der Waals surface area (Å²) in [5, 5.41) is 7.41. The second-order valence-electron chi connectivity index (χ2n) is 5.30. The van der Waals surface area contributed by atoms with Gasteiger partial charge in [0.05, 0.1) is 5.84 Å². The molecule has 100 valence electrons. The van der Waals surface area contributed by atoms with Gasteiger partial charge in [-0.25, -0.2) is 0 Å². The second-order valence-corrected chi connectivity index (χ2v) is 5.30. The minimum absolute atomic E-state index is 0.184. The first-order chi connectivity index (χ1) is 7.99. The van der Waals surface area contributed by atoms with Crippen molar-refractivity contribution in [2.45, 2.75) is 6.92 Å². The van der Waals surface area contributed by atoms with Gasteiger partial charge in [0, 0.05) is 51.7 Å². The monoisotopic (exact) mass is 241 g/mol. The summed E-state index contributed by atoms with van der Waals surface area (Å²) >= 11 is 0. The Morgan fingerprint density at radius 1 is 1.24 bits per heavy atom. The zero-order valence-corrected chi connectivity index (χ0v) is 11.4. The SMILES string of the molecule is CC(CN1CCN(CCN(C)C)CC1)C(=N)N. The molecule has 1 unspecified atom stereocenters. The lowest BCUT2D eigenvalue weighted by Crippen LogP contribution is -2.49. The van der Waals surface area contributed by atoms with Crippen molar-refractivity contribution in [3.8, 4) is 0 Å². The van der Waals surface area contributed by atoms with Gasteiger partial charge in [-0.05, 0) is 14.1 Å². The van der Waals surface area contributed by atoms with Crippen molar-refractivity contribution in [3.63, 3.8) is 0 Å². The van der Waals surface area contributed by atoms with Gasteiger partial charge in [0.15, 0.2) is 0 Å². The molecule has 1 atom stereocenters. The molecule has 5 heteroatoms. The molecule has 0 aliphatic carbocycles. The molecule has 0 aromatic rings. The standard InChI is InChI=1S/C12H27N5/c1-11(12(13)14)10-17-8-6-16(7-9-17)5-4-15(2)3/h11H,4-10H2,1-3H3,(H3,13,14). The fourth-order valence-corrected chi connectivity index (χ4v) is 2.02. The quantitative estimate of drug-likeness (QED) is 0.497. The van der Waals surface area contributed by atoms with Crippen LogP contribution in [0.1, 0.15) is 6.92 Å². The number of nitrogens with zero attached hydrogens (tertiary/aromatic N) is 3. The maximum absolute atomic E-state index is 7.41. The molecule has 3 N–H and O–H groups in total. The average Bonchev–Trinajstić information content (AvgIpc) is 2.28. The minimum Gasteiger partial charge on any atom is -0.387 e. The molecule has 1 saturated heterocycles. The average molecular weight is 241 g/mol. The normalized spacial score (nSPS) is 20.7. The molecule has 0 aromatic carbocycles. The van der Waals surface area contributed by atoms with E-state index in [1.165, 1.54) is 0 Å². The molecule has 0 bridgehead atoms. The highest BCUT2D eigenvalue weighted by molar-refractivity contribution is 5.79. The van der Waals surface area contributed by atoms with Crippen molar-refractivity contribution in [3.05, 3.63) is 0 Å². The van der Waals surface area contributed by atoms with Crippen LogP contribution in [0.4, 0.5) is 0 Å². The summed E-state index contributed by atoms with van der Waals surface area (Å²) < 4.78 is 0. The van der Waals surface area contributed by atoms with E-state index in [0.29, 0.717) is 5.84 Å². The highest BCUT2D eigenvalue weighted by Gasteiger charge is 2.19. The molecule has 1 rings (SSSR count). The van der Waals surface area contributed by atoms with Gasteiger partial charge in [0.2, 0.25) is 0 Å². The predicted octanol–water partition coefficient (Wildman–Crippen LogP) is -0.262. The van der Waals surface area contributed by atoms with Crippen LogP contribution in [0.15, 0.2) is 0 Å². The third kappa shape index (κ3) is 5.48. The van der Waals surface area contributed by atoms with Crippen molar-refractivity contribution in [1.29, 1.82) is 5.41 Å². The van der Waals surface area contributed by atoms with Crippen LogP contribution in [0, 0.1) is 11.3 Å². The van der Waals surface area contributed by atoms with Gasteiger partial charge in [0.25, 0.3) is 0 Å². The molecule has 1 fully saturated rings. The van der Waals surface area contributed by atoms with Crippen molar-refractivity contribution in [2.24, 2.45) is 11.7 Å². The topological polar surface area (TPSA) is 59.6 Å². The van der Waals surface area contributed by atoms with Crippen LogP contribution < -0.4 is 5.73 Å². The fourth-order valence-electron chi connectivity index (χ4n) is 2.02. The first kappa shape index (κ1) is 14.4. The molecule has 0 radical (unpaired) electrons. The molecule has 1 heterocycles. The zero-order valence-electron chi connectivity index (χ0n) is 11.4. The number of likely N-dealkylation sites (N-methyl/N-ethyl adjacent to an activating group) is 1. The van der Waals surface area contributed by atoms with Crippen LogP contribution in [-0.4, -0.2) is 80.4 Å². The van der Waals surface area contributed by atoms with Gasteiger partial charge < -0.3 is 15.5 Å². The maximum Gasteiger partial charge on any atom is 0.0947 e. The molecule has 1 aliphatic heterocycles. The van der Waals surface area contributed by atoms with Gasteiger partial charge in [-0.1, -0.05) is 6.92 Å². The van der Waals surface area contributed by atoms with Crippen LogP contribution in [0.3, 0.4) is 0 Å². The van der Waals surface area contributed by atoms with Crippen molar-refractivity contribution in [2.75, 3.05) is 59.9 Å². The van der Waals surface area contributed by atoms with E-state index >= 15 is 0 Å². The lowest BCUT2D eigenvalue weighted by molar-refractivity contribution is 0.120. The third-order valence-corrected chi connectivity index (χ3v) is 3.39. The highest BCUT2D eigenvalue weighted by Crippen LogP contribution is 2.05. The Morgan fingerprint density at radius 2 is 1.76 bits per heavy atom. The number of hydrogen-bond donors (Lipinski definition) is 2. The van der Waals surface area contributed by atoms with Gasteiger partial charge >= 0.3 is 0 Å². The van der Waals surface area contributed by atoms with Crippen LogP contribution in [0.2, 0.25) is 0 Å². The Balaban J connectivity index is 2.19. The first-order valence-electron chi connectivity index (χ1n) is 6.42. The Hall–Kier alpha value is -0.650. The summed E-state index contributed by atoms with van der Waals surface area (Å²) in [6.07, 6.45) is 0. The minimum atomic E-state index is 0.184. The number of rotatable bonds is 6. The van der Waals surface area contributed by atoms with Gasteiger partial charge in [-0.3, -0.25) is 10.3 Å². The molecule has 17 heavy (non-hydrogen) atoms. The maximum atomic E-state index is 7.41. The van der Waals surface area contributed by atoms with E-state index in [-0.39, 0.29) is 5.92 Å². The molecule has 0 aromatic heterocycles. The van der Waals surface area contributed by atoms with Gasteiger partial charge in [-0.2, -0.15) is 0 Å². The molecule has 5 nitrogen and oxygen atoms in total. The molecular weight excluding hydrogens is 214 g/mol. The number of piperazine rings is 1. The summed E-state index contributed by atoms with van der Waals surface area (Å²) in [5.74, 6) is 0.489. The second kappa shape index (κ2) is 6.93. The summed E-state index contributed by atoms with van der Waals surface area (Å²) in [6.45, 7) is 9.72. The first-order valence-corrected chi connectivity index (χ1v) is 6.42. The van der Waals surface area contributed by atoms with Crippen LogP contribution >= 0.6 is 0 Å². The molecule has 0 spiro atoms. The molecule has 1 aliphatic rings. The van der Waals surface area contributed by atoms with Crippen molar-refractivity contribution >= 4 is 5.84 Å². The fraction of sp³-hybridized carbons (Fsp3) is 0.917. The van der Waals surface area contributed by atoms with Gasteiger partial charge in [-0.15, -0.1) is 0 Å². The van der Waals surface area contributed by atoms with E-state index in [2.05, 4.69) is 28.8 Å². The van der Waals surface area contributed by atoms with E-state index in [1.54, 1.807) is 0 Å². The lowest BCUT2D eigenvalue weighted by atomic mass is 10.1. The van der Waals surface area contributed by atoms with E-state index in [0.717, 1.165) is 45.8 Å². The Morgan fingerprint density at radius 3 is 2.24 bits per heavy atom. The van der Waals surface area contributed by atoms with E-state index in [1.807, 2.05) is 6.92 Å². The lowest BCUT2D eigenvalue weighted by Gasteiger charge is -2.36. The van der Waals surface area contributed by atoms with E-state index in [4.69, 9.17) is 11.1 Å². The Labute approximate surface area is 105 Å². The molecular formula is C12H27N5. The summed E-state index contributed by atoms with van der Waals surface area (Å²) in [7, 11) is 4.23.